The lowest BCUT2D eigenvalue weighted by atomic mass is 10.1. The topological polar surface area (TPSA) is 29.3 Å². The van der Waals surface area contributed by atoms with Crippen molar-refractivity contribution in [1.29, 1.82) is 0 Å². The van der Waals surface area contributed by atoms with Crippen LogP contribution in [-0.2, 0) is 0 Å². The van der Waals surface area contributed by atoms with Crippen molar-refractivity contribution in [2.24, 2.45) is 5.73 Å². The molecule has 1 unspecified atom stereocenters. The maximum absolute atomic E-state index is 13.4. The molecule has 1 aromatic rings. The third-order valence-electron chi connectivity index (χ3n) is 1.96. The van der Waals surface area contributed by atoms with E-state index < -0.39 is 0 Å². The van der Waals surface area contributed by atoms with E-state index in [2.05, 4.69) is 0 Å². The summed E-state index contributed by atoms with van der Waals surface area (Å²) in [5.74, 6) is -0.222. The van der Waals surface area contributed by atoms with Crippen LogP contribution in [-0.4, -0.2) is 14.1 Å². The first-order chi connectivity index (χ1) is 6.04. The molecule has 0 fully saturated rings. The quantitative estimate of drug-likeness (QED) is 0.757. The van der Waals surface area contributed by atoms with E-state index in [1.807, 2.05) is 27.1 Å². The minimum Gasteiger partial charge on any atom is -0.375 e. The predicted octanol–water partition coefficient (Wildman–Crippen LogP) is 1.91. The third-order valence-corrected chi connectivity index (χ3v) is 1.96. The number of benzene rings is 1. The molecule has 72 valence electrons. The van der Waals surface area contributed by atoms with Gasteiger partial charge in [-0.3, -0.25) is 0 Å². The Bertz CT molecular complexity index is 295. The van der Waals surface area contributed by atoms with Gasteiger partial charge in [0.05, 0.1) is 5.69 Å². The second-order valence-electron chi connectivity index (χ2n) is 3.36. The molecule has 1 rings (SSSR count). The summed E-state index contributed by atoms with van der Waals surface area (Å²) in [7, 11) is 3.62. The number of anilines is 1. The van der Waals surface area contributed by atoms with E-state index in [0.717, 1.165) is 5.56 Å². The van der Waals surface area contributed by atoms with Crippen LogP contribution >= 0.6 is 0 Å². The second-order valence-corrected chi connectivity index (χ2v) is 3.36. The Morgan fingerprint density at radius 3 is 2.38 bits per heavy atom. The molecule has 2 N–H and O–H groups in total. The maximum atomic E-state index is 13.4. The average Bonchev–Trinajstić information content (AvgIpc) is 2.02. The van der Waals surface area contributed by atoms with Gasteiger partial charge in [0.2, 0.25) is 0 Å². The van der Waals surface area contributed by atoms with Crippen LogP contribution < -0.4 is 10.6 Å². The molecule has 1 aromatic carbocycles. The fourth-order valence-electron chi connectivity index (χ4n) is 1.37. The molecule has 0 saturated heterocycles. The van der Waals surface area contributed by atoms with Crippen LogP contribution in [0.1, 0.15) is 18.5 Å². The van der Waals surface area contributed by atoms with Crippen LogP contribution in [0.25, 0.3) is 0 Å². The molecule has 0 aromatic heterocycles. The first-order valence-corrected chi connectivity index (χ1v) is 4.25. The van der Waals surface area contributed by atoms with E-state index in [4.69, 9.17) is 5.73 Å². The number of rotatable bonds is 2. The highest BCUT2D eigenvalue weighted by Gasteiger charge is 2.12. The van der Waals surface area contributed by atoms with Gasteiger partial charge >= 0.3 is 0 Å². The predicted molar refractivity (Wildman–Crippen MR) is 53.3 cm³/mol. The molecule has 1 atom stereocenters. The second kappa shape index (κ2) is 3.75. The van der Waals surface area contributed by atoms with Gasteiger partial charge in [0, 0.05) is 20.1 Å². The first kappa shape index (κ1) is 9.99. The van der Waals surface area contributed by atoms with Crippen LogP contribution in [0, 0.1) is 5.82 Å². The van der Waals surface area contributed by atoms with E-state index in [1.54, 1.807) is 11.0 Å². The minimum atomic E-state index is -0.222. The number of para-hydroxylation sites is 1. The molecule has 13 heavy (non-hydrogen) atoms. The van der Waals surface area contributed by atoms with Gasteiger partial charge in [-0.25, -0.2) is 4.39 Å². The zero-order valence-corrected chi connectivity index (χ0v) is 8.21. The molecular formula is C10H15FN2. The molecule has 0 bridgehead atoms. The Morgan fingerprint density at radius 2 is 2.00 bits per heavy atom. The molecule has 0 amide bonds. The molecule has 0 spiro atoms. The summed E-state index contributed by atoms with van der Waals surface area (Å²) in [5.41, 5.74) is 7.15. The first-order valence-electron chi connectivity index (χ1n) is 4.25. The SMILES string of the molecule is CC(N)c1cccc(F)c1N(C)C. The molecule has 0 saturated carbocycles. The fourth-order valence-corrected chi connectivity index (χ4v) is 1.37. The van der Waals surface area contributed by atoms with E-state index in [9.17, 15) is 4.39 Å². The smallest absolute Gasteiger partial charge is 0.146 e. The highest BCUT2D eigenvalue weighted by molar-refractivity contribution is 5.54. The molecule has 2 nitrogen and oxygen atoms in total. The summed E-state index contributed by atoms with van der Waals surface area (Å²) in [4.78, 5) is 1.74. The van der Waals surface area contributed by atoms with Crippen molar-refractivity contribution in [3.63, 3.8) is 0 Å². The maximum Gasteiger partial charge on any atom is 0.146 e. The van der Waals surface area contributed by atoms with Gasteiger partial charge in [-0.2, -0.15) is 0 Å². The Balaban J connectivity index is 3.26. The summed E-state index contributed by atoms with van der Waals surface area (Å²) < 4.78 is 13.4. The zero-order valence-electron chi connectivity index (χ0n) is 8.21. The lowest BCUT2D eigenvalue weighted by molar-refractivity contribution is 0.620. The van der Waals surface area contributed by atoms with Crippen LogP contribution in [0.2, 0.25) is 0 Å². The van der Waals surface area contributed by atoms with Gasteiger partial charge in [-0.05, 0) is 18.6 Å². The lowest BCUT2D eigenvalue weighted by Crippen LogP contribution is -2.17. The Morgan fingerprint density at radius 1 is 1.38 bits per heavy atom. The molecular weight excluding hydrogens is 167 g/mol. The molecule has 0 aliphatic rings. The number of hydrogen-bond donors (Lipinski definition) is 1. The van der Waals surface area contributed by atoms with Crippen molar-refractivity contribution in [3.8, 4) is 0 Å². The lowest BCUT2D eigenvalue weighted by Gasteiger charge is -2.20. The van der Waals surface area contributed by atoms with Crippen molar-refractivity contribution >= 4 is 5.69 Å². The minimum absolute atomic E-state index is 0.145. The van der Waals surface area contributed by atoms with Crippen LogP contribution in [0.4, 0.5) is 10.1 Å². The number of nitrogens with zero attached hydrogens (tertiary/aromatic N) is 1. The van der Waals surface area contributed by atoms with Crippen molar-refractivity contribution in [2.75, 3.05) is 19.0 Å². The standard InChI is InChI=1S/C10H15FN2/c1-7(12)8-5-4-6-9(11)10(8)13(2)3/h4-7H,12H2,1-3H3. The molecule has 0 heterocycles. The summed E-state index contributed by atoms with van der Waals surface area (Å²) in [6.45, 7) is 1.85. The van der Waals surface area contributed by atoms with Crippen molar-refractivity contribution in [1.82, 2.24) is 0 Å². The number of halogens is 1. The third kappa shape index (κ3) is 1.98. The monoisotopic (exact) mass is 182 g/mol. The van der Waals surface area contributed by atoms with Gasteiger partial charge in [-0.15, -0.1) is 0 Å². The van der Waals surface area contributed by atoms with Crippen LogP contribution in [0.5, 0.6) is 0 Å². The number of hydrogen-bond acceptors (Lipinski definition) is 2. The molecule has 0 aliphatic carbocycles. The van der Waals surface area contributed by atoms with Crippen molar-refractivity contribution in [2.45, 2.75) is 13.0 Å². The summed E-state index contributed by atoms with van der Waals surface area (Å²) in [5, 5.41) is 0. The van der Waals surface area contributed by atoms with Gasteiger partial charge in [0.1, 0.15) is 5.82 Å². The van der Waals surface area contributed by atoms with Crippen LogP contribution in [0.3, 0.4) is 0 Å². The zero-order chi connectivity index (χ0) is 10.0. The van der Waals surface area contributed by atoms with Gasteiger partial charge < -0.3 is 10.6 Å². The highest BCUT2D eigenvalue weighted by atomic mass is 19.1. The summed E-state index contributed by atoms with van der Waals surface area (Å²) in [6, 6.07) is 4.83. The largest absolute Gasteiger partial charge is 0.375 e. The molecule has 3 heteroatoms. The van der Waals surface area contributed by atoms with Crippen molar-refractivity contribution < 1.29 is 4.39 Å². The van der Waals surface area contributed by atoms with Gasteiger partial charge in [0.15, 0.2) is 0 Å². The van der Waals surface area contributed by atoms with Crippen LogP contribution in [0.15, 0.2) is 18.2 Å². The normalized spacial score (nSPS) is 12.7. The average molecular weight is 182 g/mol. The number of nitrogens with two attached hydrogens (primary N) is 1. The van der Waals surface area contributed by atoms with E-state index in [1.165, 1.54) is 6.07 Å². The van der Waals surface area contributed by atoms with E-state index in [-0.39, 0.29) is 11.9 Å². The van der Waals surface area contributed by atoms with Crippen molar-refractivity contribution in [3.05, 3.63) is 29.6 Å². The molecule has 0 radical (unpaired) electrons. The van der Waals surface area contributed by atoms with Gasteiger partial charge in [0.25, 0.3) is 0 Å². The summed E-state index contributed by atoms with van der Waals surface area (Å²) in [6.07, 6.45) is 0. The summed E-state index contributed by atoms with van der Waals surface area (Å²) >= 11 is 0. The Labute approximate surface area is 78.2 Å². The Kier molecular flexibility index (Phi) is 2.88. The van der Waals surface area contributed by atoms with Gasteiger partial charge in [-0.1, -0.05) is 12.1 Å². The molecule has 0 aliphatic heterocycles. The highest BCUT2D eigenvalue weighted by Crippen LogP contribution is 2.26. The fraction of sp³-hybridized carbons (Fsp3) is 0.400. The Hall–Kier alpha value is -1.09. The van der Waals surface area contributed by atoms with E-state index in [0.29, 0.717) is 5.69 Å². The van der Waals surface area contributed by atoms with E-state index >= 15 is 0 Å².